The van der Waals surface area contributed by atoms with Gasteiger partial charge in [-0.2, -0.15) is 0 Å². The van der Waals surface area contributed by atoms with Crippen molar-refractivity contribution in [3.8, 4) is 0 Å². The lowest BCUT2D eigenvalue weighted by molar-refractivity contribution is 0.120. The van der Waals surface area contributed by atoms with Crippen molar-refractivity contribution in [2.24, 2.45) is 0 Å². The van der Waals surface area contributed by atoms with Crippen LogP contribution in [0.3, 0.4) is 0 Å². The number of ether oxygens (including phenoxy) is 1. The number of rotatable bonds is 8. The maximum atomic E-state index is 5.12. The van der Waals surface area contributed by atoms with E-state index in [1.165, 1.54) is 5.57 Å². The van der Waals surface area contributed by atoms with Gasteiger partial charge in [0.05, 0.1) is 6.61 Å². The third kappa shape index (κ3) is 7.54. The average Bonchev–Trinajstić information content (AvgIpc) is 2.15. The highest BCUT2D eigenvalue weighted by Crippen LogP contribution is 2.00. The van der Waals surface area contributed by atoms with Gasteiger partial charge in [0, 0.05) is 32.3 Å². The Labute approximate surface area is 94.5 Å². The Morgan fingerprint density at radius 2 is 2.00 bits per heavy atom. The average molecular weight is 214 g/mol. The summed E-state index contributed by atoms with van der Waals surface area (Å²) < 4.78 is 5.12. The summed E-state index contributed by atoms with van der Waals surface area (Å²) in [5.41, 5.74) is 1.22. The molecule has 0 aromatic rings. The molecule has 0 aromatic carbocycles. The fraction of sp³-hybridized carbons (Fsp3) is 0.833. The number of nitrogens with zero attached hydrogens (tertiary/aromatic N) is 1. The molecule has 0 heterocycles. The van der Waals surface area contributed by atoms with Gasteiger partial charge in [-0.15, -0.1) is 0 Å². The van der Waals surface area contributed by atoms with Crippen LogP contribution < -0.4 is 5.32 Å². The number of nitrogens with one attached hydrogen (secondary N) is 1. The number of hydrogen-bond donors (Lipinski definition) is 1. The highest BCUT2D eigenvalue weighted by molar-refractivity contribution is 5.00. The summed E-state index contributed by atoms with van der Waals surface area (Å²) >= 11 is 0. The molecule has 3 heteroatoms. The molecular formula is C12H26N2O. The van der Waals surface area contributed by atoms with Crippen molar-refractivity contribution in [3.05, 3.63) is 12.2 Å². The Kier molecular flexibility index (Phi) is 7.65. The van der Waals surface area contributed by atoms with Gasteiger partial charge in [-0.05, 0) is 19.5 Å². The smallest absolute Gasteiger partial charge is 0.0615 e. The van der Waals surface area contributed by atoms with Gasteiger partial charge in [0.25, 0.3) is 0 Å². The molecule has 0 rings (SSSR count). The molecule has 0 saturated carbocycles. The van der Waals surface area contributed by atoms with E-state index in [1.807, 2.05) is 0 Å². The monoisotopic (exact) mass is 214 g/mol. The molecule has 0 spiro atoms. The Hall–Kier alpha value is -0.380. The van der Waals surface area contributed by atoms with Crippen molar-refractivity contribution >= 4 is 0 Å². The zero-order valence-corrected chi connectivity index (χ0v) is 10.8. The Morgan fingerprint density at radius 1 is 1.40 bits per heavy atom. The van der Waals surface area contributed by atoms with Crippen LogP contribution in [0.5, 0.6) is 0 Å². The minimum Gasteiger partial charge on any atom is -0.383 e. The minimum absolute atomic E-state index is 0.436. The van der Waals surface area contributed by atoms with Gasteiger partial charge in [0.15, 0.2) is 0 Å². The van der Waals surface area contributed by atoms with Crippen LogP contribution in [-0.4, -0.2) is 50.8 Å². The number of hydrogen-bond acceptors (Lipinski definition) is 3. The van der Waals surface area contributed by atoms with Crippen LogP contribution in [0.15, 0.2) is 12.2 Å². The van der Waals surface area contributed by atoms with Crippen LogP contribution in [0.25, 0.3) is 0 Å². The van der Waals surface area contributed by atoms with Crippen molar-refractivity contribution in [1.82, 2.24) is 10.2 Å². The van der Waals surface area contributed by atoms with E-state index in [4.69, 9.17) is 4.74 Å². The summed E-state index contributed by atoms with van der Waals surface area (Å²) in [6.07, 6.45) is 0. The van der Waals surface area contributed by atoms with Gasteiger partial charge in [-0.3, -0.25) is 4.90 Å². The van der Waals surface area contributed by atoms with Crippen molar-refractivity contribution < 1.29 is 4.74 Å². The predicted molar refractivity (Wildman–Crippen MR) is 66.2 cm³/mol. The minimum atomic E-state index is 0.436. The summed E-state index contributed by atoms with van der Waals surface area (Å²) in [6.45, 7) is 13.1. The zero-order chi connectivity index (χ0) is 11.8. The molecular weight excluding hydrogens is 188 g/mol. The number of likely N-dealkylation sites (N-methyl/N-ethyl adjacent to an activating group) is 1. The molecule has 15 heavy (non-hydrogen) atoms. The van der Waals surface area contributed by atoms with Crippen LogP contribution in [0.2, 0.25) is 0 Å². The second-order valence-electron chi connectivity index (χ2n) is 4.51. The van der Waals surface area contributed by atoms with E-state index >= 15 is 0 Å². The Bertz CT molecular complexity index is 180. The molecule has 0 bridgehead atoms. The zero-order valence-electron chi connectivity index (χ0n) is 10.8. The highest BCUT2D eigenvalue weighted by Gasteiger charge is 2.09. The van der Waals surface area contributed by atoms with Gasteiger partial charge in [-0.1, -0.05) is 20.4 Å². The van der Waals surface area contributed by atoms with Gasteiger partial charge in [0.1, 0.15) is 0 Å². The van der Waals surface area contributed by atoms with Crippen LogP contribution in [0.4, 0.5) is 0 Å². The summed E-state index contributed by atoms with van der Waals surface area (Å²) in [4.78, 5) is 2.26. The second-order valence-corrected chi connectivity index (χ2v) is 4.51. The van der Waals surface area contributed by atoms with E-state index in [1.54, 1.807) is 7.11 Å². The van der Waals surface area contributed by atoms with Gasteiger partial charge >= 0.3 is 0 Å². The molecule has 1 unspecified atom stereocenters. The van der Waals surface area contributed by atoms with Crippen LogP contribution in [0, 0.1) is 0 Å². The first-order valence-corrected chi connectivity index (χ1v) is 5.56. The first-order valence-electron chi connectivity index (χ1n) is 5.56. The van der Waals surface area contributed by atoms with Crippen molar-refractivity contribution in [2.75, 3.05) is 33.9 Å². The molecule has 0 amide bonds. The highest BCUT2D eigenvalue weighted by atomic mass is 16.5. The molecule has 0 aliphatic carbocycles. The summed E-state index contributed by atoms with van der Waals surface area (Å²) in [5.74, 6) is 0. The largest absolute Gasteiger partial charge is 0.383 e. The van der Waals surface area contributed by atoms with Gasteiger partial charge in [0.2, 0.25) is 0 Å². The maximum absolute atomic E-state index is 5.12. The van der Waals surface area contributed by atoms with E-state index in [2.05, 4.69) is 44.6 Å². The standard InChI is InChI=1S/C12H26N2O/c1-10(2)13-7-11(3)8-14(5)12(4)9-15-6/h10,12-13H,3,7-9H2,1-2,4-6H3. The molecule has 1 N–H and O–H groups in total. The molecule has 0 fully saturated rings. The first-order chi connectivity index (χ1) is 6.97. The molecule has 90 valence electrons. The molecule has 0 aliphatic rings. The van der Waals surface area contributed by atoms with Crippen molar-refractivity contribution in [1.29, 1.82) is 0 Å². The second kappa shape index (κ2) is 7.85. The third-order valence-corrected chi connectivity index (χ3v) is 2.39. The van der Waals surface area contributed by atoms with Gasteiger partial charge < -0.3 is 10.1 Å². The SMILES string of the molecule is C=C(CNC(C)C)CN(C)C(C)COC. The van der Waals surface area contributed by atoms with E-state index in [0.717, 1.165) is 19.7 Å². The molecule has 0 saturated heterocycles. The fourth-order valence-electron chi connectivity index (χ4n) is 1.28. The predicted octanol–water partition coefficient (Wildman–Crippen LogP) is 1.51. The van der Waals surface area contributed by atoms with E-state index < -0.39 is 0 Å². The quantitative estimate of drug-likeness (QED) is 0.620. The molecule has 1 atom stereocenters. The van der Waals surface area contributed by atoms with Crippen LogP contribution in [-0.2, 0) is 4.74 Å². The summed E-state index contributed by atoms with van der Waals surface area (Å²) in [6, 6.07) is 0.953. The van der Waals surface area contributed by atoms with Gasteiger partial charge in [-0.25, -0.2) is 0 Å². The van der Waals surface area contributed by atoms with Crippen molar-refractivity contribution in [2.45, 2.75) is 32.9 Å². The molecule has 0 radical (unpaired) electrons. The molecule has 3 nitrogen and oxygen atoms in total. The van der Waals surface area contributed by atoms with E-state index in [-0.39, 0.29) is 0 Å². The number of methoxy groups -OCH3 is 1. The van der Waals surface area contributed by atoms with Crippen molar-refractivity contribution in [3.63, 3.8) is 0 Å². The van der Waals surface area contributed by atoms with E-state index in [9.17, 15) is 0 Å². The lowest BCUT2D eigenvalue weighted by Gasteiger charge is -2.25. The normalized spacial score (nSPS) is 13.5. The maximum Gasteiger partial charge on any atom is 0.0615 e. The fourth-order valence-corrected chi connectivity index (χ4v) is 1.28. The molecule has 0 aliphatic heterocycles. The molecule has 0 aromatic heterocycles. The third-order valence-electron chi connectivity index (χ3n) is 2.39. The Morgan fingerprint density at radius 3 is 2.47 bits per heavy atom. The summed E-state index contributed by atoms with van der Waals surface area (Å²) in [5, 5.41) is 3.36. The van der Waals surface area contributed by atoms with Crippen LogP contribution >= 0.6 is 0 Å². The topological polar surface area (TPSA) is 24.5 Å². The van der Waals surface area contributed by atoms with Crippen LogP contribution in [0.1, 0.15) is 20.8 Å². The Balaban J connectivity index is 3.75. The van der Waals surface area contributed by atoms with E-state index in [0.29, 0.717) is 12.1 Å². The summed E-state index contributed by atoms with van der Waals surface area (Å²) in [7, 11) is 3.84. The lowest BCUT2D eigenvalue weighted by atomic mass is 10.2. The first kappa shape index (κ1) is 14.6. The lowest BCUT2D eigenvalue weighted by Crippen LogP contribution is -2.36.